The van der Waals surface area contributed by atoms with Crippen molar-refractivity contribution in [1.29, 1.82) is 0 Å². The number of aliphatic hydroxyl groups is 1. The molecule has 0 aliphatic carbocycles. The number of amides is 1. The van der Waals surface area contributed by atoms with Crippen molar-refractivity contribution in [3.05, 3.63) is 77.5 Å². The lowest BCUT2D eigenvalue weighted by Gasteiger charge is -2.13. The Hall–Kier alpha value is -3.18. The van der Waals surface area contributed by atoms with Gasteiger partial charge in [-0.25, -0.2) is 0 Å². The summed E-state index contributed by atoms with van der Waals surface area (Å²) in [4.78, 5) is 17.1. The fourth-order valence-electron chi connectivity index (χ4n) is 2.86. The van der Waals surface area contributed by atoms with Crippen molar-refractivity contribution in [1.82, 2.24) is 4.98 Å². The number of nitrogens with one attached hydrogen (secondary N) is 1. The van der Waals surface area contributed by atoms with Crippen LogP contribution in [0.15, 0.2) is 60.8 Å². The highest BCUT2D eigenvalue weighted by Gasteiger charge is 2.14. The number of aromatic nitrogens is 1. The molecule has 2 aromatic carbocycles. The normalized spacial score (nSPS) is 10.4. The van der Waals surface area contributed by atoms with Gasteiger partial charge in [-0.1, -0.05) is 18.2 Å². The molecule has 2 N–H and O–H groups in total. The maximum absolute atomic E-state index is 12.7. The molecule has 0 aliphatic heterocycles. The molecule has 5 nitrogen and oxygen atoms in total. The van der Waals surface area contributed by atoms with Gasteiger partial charge in [-0.3, -0.25) is 9.78 Å². The van der Waals surface area contributed by atoms with Gasteiger partial charge in [0.2, 0.25) is 0 Å². The third-order valence-electron chi connectivity index (χ3n) is 4.23. The van der Waals surface area contributed by atoms with Crippen molar-refractivity contribution in [2.45, 2.75) is 13.5 Å². The summed E-state index contributed by atoms with van der Waals surface area (Å²) in [5.74, 6) is 0.369. The van der Waals surface area contributed by atoms with Crippen molar-refractivity contribution in [3.63, 3.8) is 0 Å². The number of ether oxygens (including phenoxy) is 1. The number of hydrogen-bond donors (Lipinski definition) is 2. The number of hydrogen-bond acceptors (Lipinski definition) is 4. The molecule has 1 heterocycles. The number of aliphatic hydroxyl groups excluding tert-OH is 1. The van der Waals surface area contributed by atoms with Crippen molar-refractivity contribution in [2.75, 3.05) is 12.4 Å². The number of nitrogens with zero attached hydrogens (tertiary/aromatic N) is 1. The summed E-state index contributed by atoms with van der Waals surface area (Å²) >= 11 is 0. The first-order valence-corrected chi connectivity index (χ1v) is 8.24. The molecule has 5 heteroatoms. The Balaban J connectivity index is 1.89. The highest BCUT2D eigenvalue weighted by Crippen LogP contribution is 2.26. The van der Waals surface area contributed by atoms with Crippen LogP contribution in [0.2, 0.25) is 0 Å². The van der Waals surface area contributed by atoms with E-state index >= 15 is 0 Å². The van der Waals surface area contributed by atoms with E-state index in [1.165, 1.54) is 0 Å². The summed E-state index contributed by atoms with van der Waals surface area (Å²) in [7, 11) is 1.54. The van der Waals surface area contributed by atoms with E-state index in [-0.39, 0.29) is 12.5 Å². The van der Waals surface area contributed by atoms with Gasteiger partial charge < -0.3 is 15.2 Å². The first kappa shape index (κ1) is 17.6. The van der Waals surface area contributed by atoms with E-state index in [1.54, 1.807) is 37.6 Å². The molecule has 26 heavy (non-hydrogen) atoms. The zero-order valence-corrected chi connectivity index (χ0v) is 14.7. The van der Waals surface area contributed by atoms with Crippen LogP contribution in [0.5, 0.6) is 5.75 Å². The minimum absolute atomic E-state index is 0.166. The van der Waals surface area contributed by atoms with Crippen LogP contribution in [0.4, 0.5) is 5.69 Å². The number of benzene rings is 2. The SMILES string of the molecule is COc1ccc(NC(=O)c2cccc(-c3ccccn3)c2C)cc1CO. The molecule has 3 rings (SSSR count). The number of anilines is 1. The first-order valence-electron chi connectivity index (χ1n) is 8.24. The Labute approximate surface area is 152 Å². The van der Waals surface area contributed by atoms with Crippen LogP contribution >= 0.6 is 0 Å². The second-order valence-corrected chi connectivity index (χ2v) is 5.83. The monoisotopic (exact) mass is 348 g/mol. The lowest BCUT2D eigenvalue weighted by molar-refractivity contribution is 0.102. The third-order valence-corrected chi connectivity index (χ3v) is 4.23. The maximum atomic E-state index is 12.7. The summed E-state index contributed by atoms with van der Waals surface area (Å²) in [6.07, 6.45) is 1.73. The summed E-state index contributed by atoms with van der Waals surface area (Å²) in [5, 5.41) is 12.3. The predicted octanol–water partition coefficient (Wildman–Crippen LogP) is 3.81. The van der Waals surface area contributed by atoms with Crippen molar-refractivity contribution < 1.29 is 14.6 Å². The standard InChI is InChI=1S/C21H20N2O3/c1-14-17(19-8-3-4-11-22-19)6-5-7-18(14)21(25)23-16-9-10-20(26-2)15(12-16)13-24/h3-12,24H,13H2,1-2H3,(H,23,25). The molecule has 0 aliphatic rings. The zero-order valence-electron chi connectivity index (χ0n) is 14.7. The van der Waals surface area contributed by atoms with E-state index in [1.807, 2.05) is 37.3 Å². The molecular formula is C21H20N2O3. The molecule has 0 radical (unpaired) electrons. The van der Waals surface area contributed by atoms with E-state index < -0.39 is 0 Å². The molecule has 0 saturated carbocycles. The second-order valence-electron chi connectivity index (χ2n) is 5.83. The molecule has 0 bridgehead atoms. The molecule has 1 aromatic heterocycles. The topological polar surface area (TPSA) is 71.5 Å². The molecule has 1 amide bonds. The second kappa shape index (κ2) is 7.80. The summed E-state index contributed by atoms with van der Waals surface area (Å²) in [5.41, 5.74) is 4.40. The molecule has 132 valence electrons. The number of methoxy groups -OCH3 is 1. The van der Waals surface area contributed by atoms with Crippen LogP contribution in [0.25, 0.3) is 11.3 Å². The Morgan fingerprint density at radius 2 is 2.00 bits per heavy atom. The van der Waals surface area contributed by atoms with Crippen molar-refractivity contribution in [2.24, 2.45) is 0 Å². The summed E-state index contributed by atoms with van der Waals surface area (Å²) < 4.78 is 5.19. The van der Waals surface area contributed by atoms with Crippen LogP contribution in [0.3, 0.4) is 0 Å². The van der Waals surface area contributed by atoms with Crippen molar-refractivity contribution >= 4 is 11.6 Å². The Kier molecular flexibility index (Phi) is 5.29. The number of pyridine rings is 1. The molecule has 3 aromatic rings. The number of rotatable bonds is 5. The highest BCUT2D eigenvalue weighted by molar-refractivity contribution is 6.06. The van der Waals surface area contributed by atoms with Gasteiger partial charge in [-0.05, 0) is 48.9 Å². The fraction of sp³-hybridized carbons (Fsp3) is 0.143. The van der Waals surface area contributed by atoms with Gasteiger partial charge >= 0.3 is 0 Å². The van der Waals surface area contributed by atoms with Crippen LogP contribution < -0.4 is 10.1 Å². The van der Waals surface area contributed by atoms with Gasteiger partial charge in [-0.2, -0.15) is 0 Å². The van der Waals surface area contributed by atoms with Gasteiger partial charge in [-0.15, -0.1) is 0 Å². The van der Waals surface area contributed by atoms with Crippen molar-refractivity contribution in [3.8, 4) is 17.0 Å². The molecule has 0 atom stereocenters. The Morgan fingerprint density at radius 1 is 1.15 bits per heavy atom. The van der Waals surface area contributed by atoms with E-state index in [0.717, 1.165) is 16.8 Å². The minimum Gasteiger partial charge on any atom is -0.496 e. The first-order chi connectivity index (χ1) is 12.6. The van der Waals surface area contributed by atoms with Gasteiger partial charge in [0.15, 0.2) is 0 Å². The lowest BCUT2D eigenvalue weighted by atomic mass is 9.99. The van der Waals surface area contributed by atoms with E-state index in [9.17, 15) is 9.90 Å². The van der Waals surface area contributed by atoms with Gasteiger partial charge in [0.1, 0.15) is 5.75 Å². The average Bonchev–Trinajstić information content (AvgIpc) is 2.68. The average molecular weight is 348 g/mol. The fourth-order valence-corrected chi connectivity index (χ4v) is 2.86. The van der Waals surface area contributed by atoms with Crippen LogP contribution in [0, 0.1) is 6.92 Å². The van der Waals surface area contributed by atoms with E-state index in [2.05, 4.69) is 10.3 Å². The predicted molar refractivity (Wildman–Crippen MR) is 101 cm³/mol. The van der Waals surface area contributed by atoms with E-state index in [4.69, 9.17) is 4.74 Å². The third kappa shape index (κ3) is 3.58. The Morgan fingerprint density at radius 3 is 2.69 bits per heavy atom. The molecule has 0 fully saturated rings. The number of carbonyl (C=O) groups excluding carboxylic acids is 1. The largest absolute Gasteiger partial charge is 0.496 e. The van der Waals surface area contributed by atoms with Crippen LogP contribution in [0.1, 0.15) is 21.5 Å². The summed E-state index contributed by atoms with van der Waals surface area (Å²) in [6, 6.07) is 16.4. The molecule has 0 unspecified atom stereocenters. The van der Waals surface area contributed by atoms with Gasteiger partial charge in [0.25, 0.3) is 5.91 Å². The molecular weight excluding hydrogens is 328 g/mol. The van der Waals surface area contributed by atoms with Crippen LogP contribution in [-0.2, 0) is 6.61 Å². The van der Waals surface area contributed by atoms with Gasteiger partial charge in [0.05, 0.1) is 19.4 Å². The minimum atomic E-state index is -0.214. The lowest BCUT2D eigenvalue weighted by Crippen LogP contribution is -2.14. The smallest absolute Gasteiger partial charge is 0.255 e. The van der Waals surface area contributed by atoms with E-state index in [0.29, 0.717) is 22.6 Å². The highest BCUT2D eigenvalue weighted by atomic mass is 16.5. The van der Waals surface area contributed by atoms with Gasteiger partial charge in [0, 0.05) is 28.6 Å². The van der Waals surface area contributed by atoms with Crippen LogP contribution in [-0.4, -0.2) is 23.1 Å². The quantitative estimate of drug-likeness (QED) is 0.735. The molecule has 0 spiro atoms. The molecule has 0 saturated heterocycles. The zero-order chi connectivity index (χ0) is 18.5. The maximum Gasteiger partial charge on any atom is 0.255 e. The summed E-state index contributed by atoms with van der Waals surface area (Å²) in [6.45, 7) is 1.74. The Bertz CT molecular complexity index is 924. The number of carbonyl (C=O) groups is 1.